The number of fused-ring (bicyclic) bond motifs is 1. The van der Waals surface area contributed by atoms with Gasteiger partial charge in [-0.05, 0) is 35.7 Å². The maximum Gasteiger partial charge on any atom is 0.0505 e. The van der Waals surface area contributed by atoms with Crippen molar-refractivity contribution in [2.45, 2.75) is 38.9 Å². The van der Waals surface area contributed by atoms with Gasteiger partial charge in [0.1, 0.15) is 0 Å². The highest BCUT2D eigenvalue weighted by molar-refractivity contribution is 6.36. The van der Waals surface area contributed by atoms with E-state index in [2.05, 4.69) is 77.6 Å². The van der Waals surface area contributed by atoms with Crippen LogP contribution in [0.5, 0.6) is 0 Å². The molecule has 0 unspecified atom stereocenters. The molecule has 0 saturated heterocycles. The molecule has 30 heavy (non-hydrogen) atoms. The second-order valence-corrected chi connectivity index (χ2v) is 8.45. The molecule has 0 bridgehead atoms. The monoisotopic (exact) mass is 436 g/mol. The van der Waals surface area contributed by atoms with Gasteiger partial charge in [-0.25, -0.2) is 0 Å². The highest BCUT2D eigenvalue weighted by atomic mass is 35.5. The summed E-state index contributed by atoms with van der Waals surface area (Å²) >= 11 is 12.9. The Kier molecular flexibility index (Phi) is 6.79. The fourth-order valence-electron chi connectivity index (χ4n) is 4.04. The summed E-state index contributed by atoms with van der Waals surface area (Å²) in [5.41, 5.74) is 4.77. The van der Waals surface area contributed by atoms with Crippen molar-refractivity contribution in [1.82, 2.24) is 9.88 Å². The number of hydrogen-bond acceptors (Lipinski definition) is 1. The Bertz CT molecular complexity index is 1100. The van der Waals surface area contributed by atoms with Gasteiger partial charge in [-0.15, -0.1) is 0 Å². The van der Waals surface area contributed by atoms with E-state index in [1.165, 1.54) is 22.0 Å². The molecule has 0 fully saturated rings. The van der Waals surface area contributed by atoms with Crippen LogP contribution in [-0.2, 0) is 13.1 Å². The lowest BCUT2D eigenvalue weighted by Crippen LogP contribution is -2.20. The van der Waals surface area contributed by atoms with Crippen molar-refractivity contribution in [1.29, 1.82) is 0 Å². The van der Waals surface area contributed by atoms with Crippen LogP contribution in [0.4, 0.5) is 0 Å². The number of para-hydroxylation sites is 1. The van der Waals surface area contributed by atoms with Crippen molar-refractivity contribution in [3.8, 4) is 0 Å². The van der Waals surface area contributed by atoms with Crippen molar-refractivity contribution in [2.75, 3.05) is 0 Å². The Labute approximate surface area is 188 Å². The van der Waals surface area contributed by atoms with Gasteiger partial charge in [0.2, 0.25) is 0 Å². The summed E-state index contributed by atoms with van der Waals surface area (Å²) in [5.74, 6) is 0. The molecule has 0 radical (unpaired) electrons. The molecule has 4 aromatic rings. The predicted octanol–water partition coefficient (Wildman–Crippen LogP) is 7.63. The molecular formula is C26H26Cl2N2. The fourth-order valence-corrected chi connectivity index (χ4v) is 4.56. The van der Waals surface area contributed by atoms with Crippen molar-refractivity contribution in [2.24, 2.45) is 0 Å². The number of nitrogens with one attached hydrogen (secondary N) is 1. The molecule has 0 spiro atoms. The van der Waals surface area contributed by atoms with Crippen LogP contribution in [0, 0.1) is 0 Å². The highest BCUT2D eigenvalue weighted by Crippen LogP contribution is 2.29. The standard InChI is InChI=1S/C26H26Cl2N2/c1-2-9-25(19-10-4-3-5-11-19)29-16-20-17-30(26-15-7-6-12-21(20)26)18-22-23(27)13-8-14-24(22)28/h3-8,10-15,17,25,29H,2,9,16,18H2,1H3/t25-/m1/s1. The van der Waals surface area contributed by atoms with Gasteiger partial charge >= 0.3 is 0 Å². The largest absolute Gasteiger partial charge is 0.343 e. The summed E-state index contributed by atoms with van der Waals surface area (Å²) in [6.45, 7) is 3.69. The summed E-state index contributed by atoms with van der Waals surface area (Å²) < 4.78 is 2.25. The maximum absolute atomic E-state index is 6.43. The molecule has 0 aliphatic rings. The second-order valence-electron chi connectivity index (χ2n) is 7.63. The fraction of sp³-hybridized carbons (Fsp3) is 0.231. The Hall–Kier alpha value is -2.26. The first kappa shape index (κ1) is 21.0. The molecule has 1 N–H and O–H groups in total. The van der Waals surface area contributed by atoms with E-state index in [9.17, 15) is 0 Å². The smallest absolute Gasteiger partial charge is 0.0505 e. The van der Waals surface area contributed by atoms with Gasteiger partial charge in [0.05, 0.1) is 6.54 Å². The molecule has 154 valence electrons. The Morgan fingerprint density at radius 2 is 1.57 bits per heavy atom. The second kappa shape index (κ2) is 9.70. The molecule has 1 atom stereocenters. The third-order valence-electron chi connectivity index (χ3n) is 5.58. The number of nitrogens with zero attached hydrogens (tertiary/aromatic N) is 1. The topological polar surface area (TPSA) is 17.0 Å². The first-order valence-electron chi connectivity index (χ1n) is 10.5. The first-order chi connectivity index (χ1) is 14.7. The lowest BCUT2D eigenvalue weighted by molar-refractivity contribution is 0.494. The van der Waals surface area contributed by atoms with Crippen LogP contribution in [-0.4, -0.2) is 4.57 Å². The van der Waals surface area contributed by atoms with Crippen molar-refractivity contribution in [3.63, 3.8) is 0 Å². The average Bonchev–Trinajstić information content (AvgIpc) is 3.12. The minimum absolute atomic E-state index is 0.344. The highest BCUT2D eigenvalue weighted by Gasteiger charge is 2.14. The van der Waals surface area contributed by atoms with E-state index in [4.69, 9.17) is 23.2 Å². The summed E-state index contributed by atoms with van der Waals surface area (Å²) in [5, 5.41) is 6.44. The van der Waals surface area contributed by atoms with Crippen LogP contribution in [0.2, 0.25) is 10.0 Å². The van der Waals surface area contributed by atoms with Crippen LogP contribution in [0.25, 0.3) is 10.9 Å². The molecular weight excluding hydrogens is 411 g/mol. The van der Waals surface area contributed by atoms with E-state index in [-0.39, 0.29) is 0 Å². The minimum Gasteiger partial charge on any atom is -0.343 e. The third kappa shape index (κ3) is 4.57. The van der Waals surface area contributed by atoms with E-state index < -0.39 is 0 Å². The molecule has 0 amide bonds. The zero-order chi connectivity index (χ0) is 20.9. The predicted molar refractivity (Wildman–Crippen MR) is 128 cm³/mol. The number of benzene rings is 3. The average molecular weight is 437 g/mol. The van der Waals surface area contributed by atoms with Gasteiger partial charge in [0.15, 0.2) is 0 Å². The summed E-state index contributed by atoms with van der Waals surface area (Å²) in [6.07, 6.45) is 4.47. The van der Waals surface area contributed by atoms with E-state index in [1.807, 2.05) is 18.2 Å². The number of rotatable bonds is 8. The van der Waals surface area contributed by atoms with Crippen LogP contribution >= 0.6 is 23.2 Å². The van der Waals surface area contributed by atoms with E-state index in [0.717, 1.165) is 24.9 Å². The minimum atomic E-state index is 0.344. The Balaban J connectivity index is 1.62. The summed E-state index contributed by atoms with van der Waals surface area (Å²) in [4.78, 5) is 0. The SMILES string of the molecule is CCC[C@@H](NCc1cn(Cc2c(Cl)cccc2Cl)c2ccccc12)c1ccccc1. The quantitative estimate of drug-likeness (QED) is 0.300. The Morgan fingerprint density at radius 1 is 0.867 bits per heavy atom. The molecule has 2 nitrogen and oxygen atoms in total. The third-order valence-corrected chi connectivity index (χ3v) is 6.29. The number of aromatic nitrogens is 1. The summed E-state index contributed by atoms with van der Waals surface area (Å²) in [6, 6.07) is 25.2. The molecule has 0 aliphatic heterocycles. The first-order valence-corrected chi connectivity index (χ1v) is 11.2. The van der Waals surface area contributed by atoms with E-state index in [0.29, 0.717) is 22.6 Å². The van der Waals surface area contributed by atoms with E-state index >= 15 is 0 Å². The zero-order valence-corrected chi connectivity index (χ0v) is 18.6. The number of halogens is 2. The lowest BCUT2D eigenvalue weighted by atomic mass is 10.0. The normalized spacial score (nSPS) is 12.4. The van der Waals surface area contributed by atoms with E-state index in [1.54, 1.807) is 0 Å². The van der Waals surface area contributed by atoms with Gasteiger partial charge in [-0.3, -0.25) is 0 Å². The molecule has 1 heterocycles. The molecule has 0 aliphatic carbocycles. The Morgan fingerprint density at radius 3 is 2.30 bits per heavy atom. The maximum atomic E-state index is 6.43. The van der Waals surface area contributed by atoms with Crippen LogP contribution in [0.15, 0.2) is 79.0 Å². The van der Waals surface area contributed by atoms with Crippen LogP contribution in [0.1, 0.15) is 42.5 Å². The zero-order valence-electron chi connectivity index (χ0n) is 17.1. The van der Waals surface area contributed by atoms with Gasteiger partial charge in [-0.2, -0.15) is 0 Å². The summed E-state index contributed by atoms with van der Waals surface area (Å²) in [7, 11) is 0. The van der Waals surface area contributed by atoms with Gasteiger partial charge in [-0.1, -0.05) is 91.1 Å². The molecule has 0 saturated carbocycles. The lowest BCUT2D eigenvalue weighted by Gasteiger charge is -2.18. The van der Waals surface area contributed by atoms with Crippen molar-refractivity contribution in [3.05, 3.63) is 106 Å². The van der Waals surface area contributed by atoms with Crippen molar-refractivity contribution < 1.29 is 0 Å². The van der Waals surface area contributed by atoms with Gasteiger partial charge < -0.3 is 9.88 Å². The van der Waals surface area contributed by atoms with Crippen LogP contribution < -0.4 is 5.32 Å². The number of hydrogen-bond donors (Lipinski definition) is 1. The van der Waals surface area contributed by atoms with Gasteiger partial charge in [0.25, 0.3) is 0 Å². The van der Waals surface area contributed by atoms with Crippen LogP contribution in [0.3, 0.4) is 0 Å². The van der Waals surface area contributed by atoms with Crippen molar-refractivity contribution >= 4 is 34.1 Å². The van der Waals surface area contributed by atoms with Gasteiger partial charge in [0, 0.05) is 45.3 Å². The molecule has 4 heteroatoms. The molecule has 4 rings (SSSR count). The molecule has 3 aromatic carbocycles. The molecule has 1 aromatic heterocycles.